The van der Waals surface area contributed by atoms with Crippen LogP contribution in [0, 0.1) is 11.3 Å². The van der Waals surface area contributed by atoms with Gasteiger partial charge in [0.05, 0.1) is 12.5 Å². The second-order valence-corrected chi connectivity index (χ2v) is 4.90. The van der Waals surface area contributed by atoms with Crippen molar-refractivity contribution >= 4 is 11.8 Å². The zero-order chi connectivity index (χ0) is 7.61. The lowest BCUT2D eigenvalue weighted by Gasteiger charge is -2.33. The van der Waals surface area contributed by atoms with Crippen LogP contribution in [0.2, 0.25) is 0 Å². The molecule has 0 saturated carbocycles. The molecule has 0 aromatic carbocycles. The standard InChI is InChI=1S/C8H16OS/c1-8(2,3)7-4-9-6-10-5-7/h7H,4-6H2,1-3H3. The first-order valence-electron chi connectivity index (χ1n) is 3.76. The SMILES string of the molecule is CC(C)(C)C1COCSC1. The van der Waals surface area contributed by atoms with Crippen molar-refractivity contribution in [2.24, 2.45) is 11.3 Å². The van der Waals surface area contributed by atoms with Gasteiger partial charge in [-0.05, 0) is 11.3 Å². The molecule has 60 valence electrons. The second kappa shape index (κ2) is 3.14. The number of ether oxygens (including phenoxy) is 1. The molecule has 1 heterocycles. The van der Waals surface area contributed by atoms with Crippen molar-refractivity contribution in [1.82, 2.24) is 0 Å². The van der Waals surface area contributed by atoms with Gasteiger partial charge in [-0.2, -0.15) is 0 Å². The molecule has 0 aliphatic carbocycles. The van der Waals surface area contributed by atoms with E-state index >= 15 is 0 Å². The maximum Gasteiger partial charge on any atom is 0.0921 e. The third-order valence-corrected chi connectivity index (χ3v) is 3.00. The van der Waals surface area contributed by atoms with E-state index in [9.17, 15) is 0 Å². The first-order valence-corrected chi connectivity index (χ1v) is 4.91. The Hall–Kier alpha value is 0.310. The van der Waals surface area contributed by atoms with Crippen LogP contribution < -0.4 is 0 Å². The zero-order valence-corrected chi connectivity index (χ0v) is 7.83. The van der Waals surface area contributed by atoms with Crippen molar-refractivity contribution in [2.45, 2.75) is 20.8 Å². The van der Waals surface area contributed by atoms with E-state index < -0.39 is 0 Å². The van der Waals surface area contributed by atoms with Crippen molar-refractivity contribution in [1.29, 1.82) is 0 Å². The molecule has 1 unspecified atom stereocenters. The van der Waals surface area contributed by atoms with Gasteiger partial charge in [0.2, 0.25) is 0 Å². The lowest BCUT2D eigenvalue weighted by atomic mass is 9.82. The number of thioether (sulfide) groups is 1. The molecule has 0 spiro atoms. The molecular formula is C8H16OS. The molecule has 1 nitrogen and oxygen atoms in total. The number of rotatable bonds is 0. The smallest absolute Gasteiger partial charge is 0.0921 e. The monoisotopic (exact) mass is 160 g/mol. The van der Waals surface area contributed by atoms with E-state index in [1.807, 2.05) is 11.8 Å². The third kappa shape index (κ3) is 2.17. The van der Waals surface area contributed by atoms with Gasteiger partial charge in [-0.15, -0.1) is 11.8 Å². The summed E-state index contributed by atoms with van der Waals surface area (Å²) in [6.07, 6.45) is 0. The topological polar surface area (TPSA) is 9.23 Å². The molecule has 0 aromatic rings. The number of hydrogen-bond acceptors (Lipinski definition) is 2. The highest BCUT2D eigenvalue weighted by Gasteiger charge is 2.26. The van der Waals surface area contributed by atoms with E-state index in [2.05, 4.69) is 20.8 Å². The van der Waals surface area contributed by atoms with Gasteiger partial charge in [0.25, 0.3) is 0 Å². The third-order valence-electron chi connectivity index (χ3n) is 2.03. The molecular weight excluding hydrogens is 144 g/mol. The summed E-state index contributed by atoms with van der Waals surface area (Å²) in [6.45, 7) is 7.81. The summed E-state index contributed by atoms with van der Waals surface area (Å²) in [5, 5.41) is 0. The maximum atomic E-state index is 5.37. The summed E-state index contributed by atoms with van der Waals surface area (Å²) < 4.78 is 5.37. The molecule has 1 aliphatic heterocycles. The predicted molar refractivity (Wildman–Crippen MR) is 46.2 cm³/mol. The molecule has 0 N–H and O–H groups in total. The summed E-state index contributed by atoms with van der Waals surface area (Å²) in [6, 6.07) is 0. The fourth-order valence-electron chi connectivity index (χ4n) is 0.988. The highest BCUT2D eigenvalue weighted by Crippen LogP contribution is 2.31. The van der Waals surface area contributed by atoms with Crippen LogP contribution in [0.25, 0.3) is 0 Å². The van der Waals surface area contributed by atoms with Crippen LogP contribution >= 0.6 is 11.8 Å². The molecule has 0 bridgehead atoms. The van der Waals surface area contributed by atoms with Crippen molar-refractivity contribution in [3.63, 3.8) is 0 Å². The van der Waals surface area contributed by atoms with Crippen LogP contribution in [0.15, 0.2) is 0 Å². The molecule has 0 amide bonds. The van der Waals surface area contributed by atoms with E-state index in [1.165, 1.54) is 5.75 Å². The lowest BCUT2D eigenvalue weighted by molar-refractivity contribution is 0.0850. The number of hydrogen-bond donors (Lipinski definition) is 0. The van der Waals surface area contributed by atoms with Gasteiger partial charge in [-0.3, -0.25) is 0 Å². The van der Waals surface area contributed by atoms with Gasteiger partial charge in [0, 0.05) is 5.75 Å². The van der Waals surface area contributed by atoms with Crippen molar-refractivity contribution in [2.75, 3.05) is 18.3 Å². The predicted octanol–water partition coefficient (Wildman–Crippen LogP) is 2.37. The van der Waals surface area contributed by atoms with Gasteiger partial charge in [-0.25, -0.2) is 0 Å². The molecule has 1 atom stereocenters. The van der Waals surface area contributed by atoms with Gasteiger partial charge >= 0.3 is 0 Å². The zero-order valence-electron chi connectivity index (χ0n) is 7.02. The fraction of sp³-hybridized carbons (Fsp3) is 1.00. The Morgan fingerprint density at radius 2 is 2.10 bits per heavy atom. The van der Waals surface area contributed by atoms with E-state index in [1.54, 1.807) is 0 Å². The average molecular weight is 160 g/mol. The van der Waals surface area contributed by atoms with Crippen LogP contribution in [0.4, 0.5) is 0 Å². The molecule has 1 rings (SSSR count). The van der Waals surface area contributed by atoms with E-state index in [0.717, 1.165) is 18.5 Å². The van der Waals surface area contributed by atoms with Gasteiger partial charge < -0.3 is 4.74 Å². The first-order chi connectivity index (χ1) is 4.61. The fourth-order valence-corrected chi connectivity index (χ4v) is 2.18. The van der Waals surface area contributed by atoms with Gasteiger partial charge in [-0.1, -0.05) is 20.8 Å². The van der Waals surface area contributed by atoms with Crippen molar-refractivity contribution in [3.05, 3.63) is 0 Å². The Bertz CT molecular complexity index is 100. The van der Waals surface area contributed by atoms with E-state index in [-0.39, 0.29) is 0 Å². The van der Waals surface area contributed by atoms with Crippen LogP contribution in [0.5, 0.6) is 0 Å². The quantitative estimate of drug-likeness (QED) is 0.538. The van der Waals surface area contributed by atoms with E-state index in [4.69, 9.17) is 4.74 Å². The van der Waals surface area contributed by atoms with Crippen LogP contribution in [-0.2, 0) is 4.74 Å². The van der Waals surface area contributed by atoms with Crippen molar-refractivity contribution < 1.29 is 4.74 Å². The molecule has 2 heteroatoms. The molecule has 0 radical (unpaired) electrons. The van der Waals surface area contributed by atoms with Gasteiger partial charge in [0.1, 0.15) is 0 Å². The summed E-state index contributed by atoms with van der Waals surface area (Å²) in [5.41, 5.74) is 0.424. The summed E-state index contributed by atoms with van der Waals surface area (Å²) in [4.78, 5) is 0. The Labute approximate surface area is 67.5 Å². The molecule has 10 heavy (non-hydrogen) atoms. The minimum absolute atomic E-state index is 0.424. The Morgan fingerprint density at radius 1 is 1.40 bits per heavy atom. The Kier molecular flexibility index (Phi) is 2.64. The molecule has 1 aliphatic rings. The van der Waals surface area contributed by atoms with Crippen molar-refractivity contribution in [3.8, 4) is 0 Å². The minimum Gasteiger partial charge on any atom is -0.371 e. The van der Waals surface area contributed by atoms with E-state index in [0.29, 0.717) is 5.41 Å². The molecule has 0 aromatic heterocycles. The Morgan fingerprint density at radius 3 is 2.40 bits per heavy atom. The van der Waals surface area contributed by atoms with Gasteiger partial charge in [0.15, 0.2) is 0 Å². The minimum atomic E-state index is 0.424. The normalized spacial score (nSPS) is 28.5. The average Bonchev–Trinajstić information content (AvgIpc) is 1.88. The summed E-state index contributed by atoms with van der Waals surface area (Å²) >= 11 is 1.91. The first kappa shape index (κ1) is 8.41. The molecule has 1 fully saturated rings. The summed E-state index contributed by atoms with van der Waals surface area (Å²) in [5.74, 6) is 2.90. The lowest BCUT2D eigenvalue weighted by Crippen LogP contribution is -2.30. The molecule has 1 saturated heterocycles. The van der Waals surface area contributed by atoms with Crippen LogP contribution in [0.3, 0.4) is 0 Å². The Balaban J connectivity index is 2.39. The maximum absolute atomic E-state index is 5.37. The second-order valence-electron chi connectivity index (χ2n) is 3.92. The highest BCUT2D eigenvalue weighted by atomic mass is 32.2. The van der Waals surface area contributed by atoms with Crippen LogP contribution in [0.1, 0.15) is 20.8 Å². The summed E-state index contributed by atoms with van der Waals surface area (Å²) in [7, 11) is 0. The highest BCUT2D eigenvalue weighted by molar-refractivity contribution is 7.99. The largest absolute Gasteiger partial charge is 0.371 e. The van der Waals surface area contributed by atoms with Crippen LogP contribution in [-0.4, -0.2) is 18.3 Å².